The van der Waals surface area contributed by atoms with E-state index in [9.17, 15) is 9.50 Å². The van der Waals surface area contributed by atoms with Crippen molar-refractivity contribution in [2.24, 2.45) is 0 Å². The van der Waals surface area contributed by atoms with Crippen molar-refractivity contribution in [1.29, 1.82) is 0 Å². The third-order valence-corrected chi connectivity index (χ3v) is 3.12. The first-order chi connectivity index (χ1) is 9.72. The van der Waals surface area contributed by atoms with Gasteiger partial charge < -0.3 is 10.4 Å². The summed E-state index contributed by atoms with van der Waals surface area (Å²) in [6.45, 7) is 0.544. The number of phenols is 1. The van der Waals surface area contributed by atoms with E-state index in [4.69, 9.17) is 0 Å². The topological polar surface area (TPSA) is 45.2 Å². The van der Waals surface area contributed by atoms with Gasteiger partial charge in [-0.15, -0.1) is 0 Å². The highest BCUT2D eigenvalue weighted by atomic mass is 19.1. The largest absolute Gasteiger partial charge is 0.508 e. The van der Waals surface area contributed by atoms with Crippen LogP contribution in [0.4, 0.5) is 10.2 Å². The van der Waals surface area contributed by atoms with E-state index < -0.39 is 0 Å². The molecular weight excluding hydrogens is 255 g/mol. The lowest BCUT2D eigenvalue weighted by molar-refractivity contribution is 0.476. The summed E-state index contributed by atoms with van der Waals surface area (Å²) in [6.07, 6.45) is 1.71. The first kappa shape index (κ1) is 12.4. The smallest absolute Gasteiger partial charge is 0.134 e. The Bertz CT molecular complexity index is 741. The Kier molecular flexibility index (Phi) is 3.21. The Balaban J connectivity index is 1.87. The highest BCUT2D eigenvalue weighted by Crippen LogP contribution is 2.25. The number of aromatic nitrogens is 1. The zero-order valence-corrected chi connectivity index (χ0v) is 10.7. The number of halogens is 1. The van der Waals surface area contributed by atoms with E-state index in [2.05, 4.69) is 10.3 Å². The zero-order valence-electron chi connectivity index (χ0n) is 10.7. The van der Waals surface area contributed by atoms with Gasteiger partial charge in [0.05, 0.1) is 0 Å². The molecule has 0 saturated heterocycles. The van der Waals surface area contributed by atoms with Crippen molar-refractivity contribution < 1.29 is 9.50 Å². The summed E-state index contributed by atoms with van der Waals surface area (Å²) in [5.41, 5.74) is 0.963. The van der Waals surface area contributed by atoms with Gasteiger partial charge in [-0.2, -0.15) is 0 Å². The summed E-state index contributed by atoms with van der Waals surface area (Å²) >= 11 is 0. The van der Waals surface area contributed by atoms with Gasteiger partial charge in [0.25, 0.3) is 0 Å². The Morgan fingerprint density at radius 2 is 1.85 bits per heavy atom. The summed E-state index contributed by atoms with van der Waals surface area (Å²) in [6, 6.07) is 13.4. The Morgan fingerprint density at radius 3 is 2.65 bits per heavy atom. The number of pyridine rings is 1. The summed E-state index contributed by atoms with van der Waals surface area (Å²) in [5, 5.41) is 14.6. The molecule has 0 aliphatic rings. The van der Waals surface area contributed by atoms with Crippen molar-refractivity contribution in [2.45, 2.75) is 6.54 Å². The molecule has 0 saturated carbocycles. The molecule has 0 radical (unpaired) electrons. The average molecular weight is 268 g/mol. The molecular formula is C16H13FN2O. The maximum Gasteiger partial charge on any atom is 0.134 e. The molecule has 100 valence electrons. The lowest BCUT2D eigenvalue weighted by Crippen LogP contribution is -2.01. The second-order valence-electron chi connectivity index (χ2n) is 4.55. The first-order valence-corrected chi connectivity index (χ1v) is 6.28. The van der Waals surface area contributed by atoms with Crippen molar-refractivity contribution in [3.8, 4) is 5.75 Å². The average Bonchev–Trinajstić information content (AvgIpc) is 2.47. The Morgan fingerprint density at radius 1 is 1.05 bits per heavy atom. The number of fused-ring (bicyclic) bond motifs is 1. The van der Waals surface area contributed by atoms with Crippen LogP contribution < -0.4 is 5.32 Å². The van der Waals surface area contributed by atoms with E-state index in [0.29, 0.717) is 12.4 Å². The third-order valence-electron chi connectivity index (χ3n) is 3.12. The molecule has 1 aromatic heterocycles. The quantitative estimate of drug-likeness (QED) is 0.761. The Labute approximate surface area is 115 Å². The van der Waals surface area contributed by atoms with Crippen LogP contribution in [0.15, 0.2) is 54.7 Å². The van der Waals surface area contributed by atoms with Crippen LogP contribution in [0.1, 0.15) is 5.56 Å². The van der Waals surface area contributed by atoms with Gasteiger partial charge >= 0.3 is 0 Å². The molecule has 4 heteroatoms. The fourth-order valence-electron chi connectivity index (χ4n) is 2.09. The SMILES string of the molecule is Oc1ccc2ccnc(NCc3ccc(F)cc3)c2c1. The molecule has 0 aliphatic carbocycles. The van der Waals surface area contributed by atoms with Crippen molar-refractivity contribution in [1.82, 2.24) is 4.98 Å². The number of hydrogen-bond donors (Lipinski definition) is 2. The Hall–Kier alpha value is -2.62. The zero-order chi connectivity index (χ0) is 13.9. The number of hydrogen-bond acceptors (Lipinski definition) is 3. The molecule has 3 nitrogen and oxygen atoms in total. The highest BCUT2D eigenvalue weighted by molar-refractivity contribution is 5.92. The fraction of sp³-hybridized carbons (Fsp3) is 0.0625. The molecule has 0 bridgehead atoms. The van der Waals surface area contributed by atoms with Gasteiger partial charge in [0, 0.05) is 18.1 Å². The van der Waals surface area contributed by atoms with Gasteiger partial charge in [0.15, 0.2) is 0 Å². The van der Waals surface area contributed by atoms with E-state index in [0.717, 1.165) is 16.3 Å². The van der Waals surface area contributed by atoms with Crippen LogP contribution in [-0.2, 0) is 6.54 Å². The standard InChI is InChI=1S/C16H13FN2O/c17-13-4-1-11(2-5-13)10-19-16-15-9-14(20)6-3-12(15)7-8-18-16/h1-9,20H,10H2,(H,18,19). The molecule has 0 amide bonds. The van der Waals surface area contributed by atoms with Crippen LogP contribution in [0.5, 0.6) is 5.75 Å². The minimum absolute atomic E-state index is 0.204. The minimum atomic E-state index is -0.248. The second kappa shape index (κ2) is 5.17. The van der Waals surface area contributed by atoms with E-state index in [1.54, 1.807) is 30.5 Å². The van der Waals surface area contributed by atoms with Gasteiger partial charge in [-0.05, 0) is 41.3 Å². The minimum Gasteiger partial charge on any atom is -0.508 e. The molecule has 0 spiro atoms. The number of anilines is 1. The maximum absolute atomic E-state index is 12.8. The molecule has 2 aromatic carbocycles. The van der Waals surface area contributed by atoms with Gasteiger partial charge in [0.2, 0.25) is 0 Å². The monoisotopic (exact) mass is 268 g/mol. The fourth-order valence-corrected chi connectivity index (χ4v) is 2.09. The van der Waals surface area contributed by atoms with Crippen LogP contribution in [0, 0.1) is 5.82 Å². The number of nitrogens with zero attached hydrogens (tertiary/aromatic N) is 1. The predicted octanol–water partition coefficient (Wildman–Crippen LogP) is 3.69. The summed E-state index contributed by atoms with van der Waals surface area (Å²) in [4.78, 5) is 4.28. The molecule has 20 heavy (non-hydrogen) atoms. The molecule has 3 aromatic rings. The number of benzene rings is 2. The maximum atomic E-state index is 12.8. The molecule has 0 fully saturated rings. The van der Waals surface area contributed by atoms with Crippen molar-refractivity contribution in [3.05, 3.63) is 66.1 Å². The third kappa shape index (κ3) is 2.54. The number of aromatic hydroxyl groups is 1. The molecule has 0 unspecified atom stereocenters. The van der Waals surface area contributed by atoms with E-state index in [1.165, 1.54) is 12.1 Å². The first-order valence-electron chi connectivity index (χ1n) is 6.28. The van der Waals surface area contributed by atoms with Crippen LogP contribution in [0.2, 0.25) is 0 Å². The molecule has 1 heterocycles. The van der Waals surface area contributed by atoms with Crippen molar-refractivity contribution >= 4 is 16.6 Å². The van der Waals surface area contributed by atoms with Gasteiger partial charge in [0.1, 0.15) is 17.4 Å². The normalized spacial score (nSPS) is 10.7. The van der Waals surface area contributed by atoms with Crippen LogP contribution >= 0.6 is 0 Å². The van der Waals surface area contributed by atoms with E-state index in [1.807, 2.05) is 12.1 Å². The summed E-state index contributed by atoms with van der Waals surface area (Å²) in [5.74, 6) is 0.653. The lowest BCUT2D eigenvalue weighted by atomic mass is 10.1. The van der Waals surface area contributed by atoms with Crippen LogP contribution in [0.25, 0.3) is 10.8 Å². The van der Waals surface area contributed by atoms with Crippen LogP contribution in [0.3, 0.4) is 0 Å². The molecule has 0 atom stereocenters. The summed E-state index contributed by atoms with van der Waals surface area (Å²) in [7, 11) is 0. The van der Waals surface area contributed by atoms with E-state index in [-0.39, 0.29) is 11.6 Å². The van der Waals surface area contributed by atoms with Gasteiger partial charge in [-0.3, -0.25) is 0 Å². The number of nitrogens with one attached hydrogen (secondary N) is 1. The number of rotatable bonds is 3. The van der Waals surface area contributed by atoms with Gasteiger partial charge in [-0.1, -0.05) is 18.2 Å². The highest BCUT2D eigenvalue weighted by Gasteiger charge is 2.03. The van der Waals surface area contributed by atoms with Crippen LogP contribution in [-0.4, -0.2) is 10.1 Å². The number of phenolic OH excluding ortho intramolecular Hbond substituents is 1. The predicted molar refractivity (Wildman–Crippen MR) is 77.1 cm³/mol. The van der Waals surface area contributed by atoms with E-state index >= 15 is 0 Å². The summed E-state index contributed by atoms with van der Waals surface area (Å²) < 4.78 is 12.8. The molecule has 0 aliphatic heterocycles. The van der Waals surface area contributed by atoms with Gasteiger partial charge in [-0.25, -0.2) is 9.37 Å². The lowest BCUT2D eigenvalue weighted by Gasteiger charge is -2.09. The second-order valence-corrected chi connectivity index (χ2v) is 4.55. The van der Waals surface area contributed by atoms with Crippen molar-refractivity contribution in [2.75, 3.05) is 5.32 Å². The van der Waals surface area contributed by atoms with Crippen molar-refractivity contribution in [3.63, 3.8) is 0 Å². The molecule has 3 rings (SSSR count). The molecule has 2 N–H and O–H groups in total.